The minimum Gasteiger partial charge on any atom is -0.374 e. The monoisotopic (exact) mass is 418 g/mol. The Morgan fingerprint density at radius 2 is 1.17 bits per heavy atom. The van der Waals surface area contributed by atoms with Crippen molar-refractivity contribution in [3.63, 3.8) is 0 Å². The summed E-state index contributed by atoms with van der Waals surface area (Å²) in [5, 5.41) is 0. The van der Waals surface area contributed by atoms with Crippen LogP contribution < -0.4 is 0 Å². The first kappa shape index (κ1) is 19.4. The van der Waals surface area contributed by atoms with E-state index in [0.29, 0.717) is 11.8 Å². The van der Waals surface area contributed by atoms with E-state index >= 15 is 0 Å². The molecule has 0 aliphatic rings. The van der Waals surface area contributed by atoms with Crippen molar-refractivity contribution in [2.45, 2.75) is 27.7 Å². The lowest BCUT2D eigenvalue weighted by molar-refractivity contribution is 0.586. The summed E-state index contributed by atoms with van der Waals surface area (Å²) in [6.45, 7) is 8.63. The third-order valence-electron chi connectivity index (χ3n) is 1.15. The van der Waals surface area contributed by atoms with Gasteiger partial charge in [0.2, 0.25) is 0 Å². The average molecular weight is 418 g/mol. The van der Waals surface area contributed by atoms with Gasteiger partial charge in [0.1, 0.15) is 0 Å². The molecule has 0 bridgehead atoms. The summed E-state index contributed by atoms with van der Waals surface area (Å²) in [5.74, 6) is 1.30. The molecular formula is C8H21I2OP. The van der Waals surface area contributed by atoms with Crippen LogP contribution in [0.25, 0.3) is 0 Å². The quantitative estimate of drug-likeness (QED) is 0.543. The molecule has 0 aromatic rings. The van der Waals surface area contributed by atoms with Crippen LogP contribution in [0.15, 0.2) is 0 Å². The van der Waals surface area contributed by atoms with E-state index in [2.05, 4.69) is 27.7 Å². The van der Waals surface area contributed by atoms with Crippen LogP contribution in [0.1, 0.15) is 27.7 Å². The lowest BCUT2D eigenvalue weighted by Crippen LogP contribution is -2.01. The van der Waals surface area contributed by atoms with E-state index in [4.69, 9.17) is 0 Å². The number of rotatable bonds is 4. The van der Waals surface area contributed by atoms with Gasteiger partial charge in [0.25, 0.3) is 0 Å². The maximum Gasteiger partial charge on any atom is 0.0256 e. The molecule has 0 aliphatic carbocycles. The molecule has 12 heavy (non-hydrogen) atoms. The summed E-state index contributed by atoms with van der Waals surface area (Å²) < 4.78 is 0. The van der Waals surface area contributed by atoms with Gasteiger partial charge in [-0.25, -0.2) is 0 Å². The predicted molar refractivity (Wildman–Crippen MR) is 79.4 cm³/mol. The molecule has 0 aromatic heterocycles. The fourth-order valence-corrected chi connectivity index (χ4v) is 2.75. The normalized spacial score (nSPS) is 10.0. The van der Waals surface area contributed by atoms with Crippen LogP contribution in [0.3, 0.4) is 0 Å². The van der Waals surface area contributed by atoms with Crippen molar-refractivity contribution >= 4 is 56.1 Å². The predicted octanol–water partition coefficient (Wildman–Crippen LogP) is 3.92. The third kappa shape index (κ3) is 14.4. The van der Waals surface area contributed by atoms with Gasteiger partial charge in [-0.3, -0.25) is 0 Å². The van der Waals surface area contributed by atoms with E-state index in [1.807, 2.05) is 0 Å². The highest BCUT2D eigenvalue weighted by Crippen LogP contribution is 2.34. The van der Waals surface area contributed by atoms with Gasteiger partial charge in [0, 0.05) is 8.15 Å². The Kier molecular flexibility index (Phi) is 17.7. The van der Waals surface area contributed by atoms with Crippen LogP contribution in [-0.4, -0.2) is 17.2 Å². The first-order valence-corrected chi connectivity index (χ1v) is 5.62. The largest absolute Gasteiger partial charge is 0.374 e. The molecule has 1 N–H and O–H groups in total. The zero-order valence-electron chi connectivity index (χ0n) is 8.28. The molecule has 0 fully saturated rings. The van der Waals surface area contributed by atoms with E-state index in [-0.39, 0.29) is 48.0 Å². The van der Waals surface area contributed by atoms with Crippen molar-refractivity contribution in [2.24, 2.45) is 11.8 Å². The molecule has 0 amide bonds. The van der Waals surface area contributed by atoms with Crippen LogP contribution in [0.5, 0.6) is 0 Å². The Labute approximate surface area is 112 Å². The fourth-order valence-electron chi connectivity index (χ4n) is 0.918. The van der Waals surface area contributed by atoms with Crippen molar-refractivity contribution in [2.75, 3.05) is 12.3 Å². The van der Waals surface area contributed by atoms with Crippen molar-refractivity contribution in [1.82, 2.24) is 0 Å². The molecule has 0 aromatic carbocycles. The fraction of sp³-hybridized carbons (Fsp3) is 1.00. The van der Waals surface area contributed by atoms with Gasteiger partial charge < -0.3 is 4.89 Å². The standard InChI is InChI=1S/C8H19OP.2HI/c1-7(2)5-10(9)6-8(3)4;;/h7-9H,5-6H2,1-4H3;2*1H. The molecule has 4 heteroatoms. The van der Waals surface area contributed by atoms with Crippen molar-refractivity contribution in [1.29, 1.82) is 0 Å². The Hall–Kier alpha value is 1.85. The minimum atomic E-state index is -0.659. The van der Waals surface area contributed by atoms with Gasteiger partial charge in [0.05, 0.1) is 0 Å². The Morgan fingerprint density at radius 3 is 1.33 bits per heavy atom. The summed E-state index contributed by atoms with van der Waals surface area (Å²) in [4.78, 5) is 9.45. The highest BCUT2D eigenvalue weighted by molar-refractivity contribution is 14.0. The van der Waals surface area contributed by atoms with E-state index in [1.165, 1.54) is 0 Å². The molecule has 78 valence electrons. The van der Waals surface area contributed by atoms with Crippen LogP contribution in [0.2, 0.25) is 0 Å². The summed E-state index contributed by atoms with van der Waals surface area (Å²) in [6, 6.07) is 0. The molecule has 1 nitrogen and oxygen atoms in total. The molecule has 0 radical (unpaired) electrons. The Morgan fingerprint density at radius 1 is 0.917 bits per heavy atom. The van der Waals surface area contributed by atoms with Crippen LogP contribution >= 0.6 is 56.1 Å². The van der Waals surface area contributed by atoms with Crippen LogP contribution in [-0.2, 0) is 0 Å². The molecule has 0 aliphatic heterocycles. The van der Waals surface area contributed by atoms with Gasteiger partial charge in [-0.15, -0.1) is 48.0 Å². The van der Waals surface area contributed by atoms with Gasteiger partial charge in [-0.1, -0.05) is 27.7 Å². The molecule has 0 heterocycles. The number of halogens is 2. The lowest BCUT2D eigenvalue weighted by atomic mass is 10.3. The maximum atomic E-state index is 9.45. The Balaban J connectivity index is -0.000000405. The van der Waals surface area contributed by atoms with E-state index < -0.39 is 8.15 Å². The molecule has 0 rings (SSSR count). The SMILES string of the molecule is CC(C)CP(O)CC(C)C.I.I. The first-order valence-electron chi connectivity index (χ1n) is 3.96. The lowest BCUT2D eigenvalue weighted by Gasteiger charge is -2.14. The molecule has 0 saturated heterocycles. The number of hydrogen-bond donors (Lipinski definition) is 1. The van der Waals surface area contributed by atoms with Gasteiger partial charge in [-0.05, 0) is 24.2 Å². The highest BCUT2D eigenvalue weighted by Gasteiger charge is 2.08. The topological polar surface area (TPSA) is 20.2 Å². The van der Waals surface area contributed by atoms with E-state index in [0.717, 1.165) is 12.3 Å². The molecular weight excluding hydrogens is 397 g/mol. The van der Waals surface area contributed by atoms with E-state index in [9.17, 15) is 4.89 Å². The summed E-state index contributed by atoms with van der Waals surface area (Å²) in [7, 11) is -0.659. The second-order valence-corrected chi connectivity index (χ2v) is 5.40. The van der Waals surface area contributed by atoms with Crippen molar-refractivity contribution in [3.8, 4) is 0 Å². The van der Waals surface area contributed by atoms with Gasteiger partial charge >= 0.3 is 0 Å². The zero-order valence-corrected chi connectivity index (χ0v) is 13.8. The second-order valence-electron chi connectivity index (χ2n) is 3.66. The van der Waals surface area contributed by atoms with Crippen molar-refractivity contribution < 1.29 is 4.89 Å². The molecule has 0 atom stereocenters. The minimum absolute atomic E-state index is 0. The van der Waals surface area contributed by atoms with Crippen LogP contribution in [0.4, 0.5) is 0 Å². The number of hydrogen-bond acceptors (Lipinski definition) is 1. The smallest absolute Gasteiger partial charge is 0.0256 e. The van der Waals surface area contributed by atoms with Crippen molar-refractivity contribution in [3.05, 3.63) is 0 Å². The van der Waals surface area contributed by atoms with E-state index in [1.54, 1.807) is 0 Å². The van der Waals surface area contributed by atoms with Gasteiger partial charge in [0.15, 0.2) is 0 Å². The Bertz CT molecular complexity index is 79.1. The summed E-state index contributed by atoms with van der Waals surface area (Å²) in [6.07, 6.45) is 2.01. The average Bonchev–Trinajstić information content (AvgIpc) is 1.58. The maximum absolute atomic E-state index is 9.45. The zero-order chi connectivity index (χ0) is 8.15. The molecule has 0 saturated carbocycles. The first-order chi connectivity index (χ1) is 4.52. The van der Waals surface area contributed by atoms with Gasteiger partial charge in [-0.2, -0.15) is 0 Å². The van der Waals surface area contributed by atoms with Crippen LogP contribution in [0, 0.1) is 11.8 Å². The summed E-state index contributed by atoms with van der Waals surface area (Å²) >= 11 is 0. The second kappa shape index (κ2) is 10.9. The molecule has 0 unspecified atom stereocenters. The summed E-state index contributed by atoms with van der Waals surface area (Å²) in [5.41, 5.74) is 0. The third-order valence-corrected chi connectivity index (χ3v) is 3.46. The molecule has 0 spiro atoms. The highest BCUT2D eigenvalue weighted by atomic mass is 127.